The molecule has 0 bridgehead atoms. The van der Waals surface area contributed by atoms with Crippen LogP contribution in [0.1, 0.15) is 71.7 Å². The van der Waals surface area contributed by atoms with Gasteiger partial charge < -0.3 is 14.5 Å². The maximum absolute atomic E-state index is 11.3. The molecule has 1 saturated heterocycles. The van der Waals surface area contributed by atoms with Crippen LogP contribution in [0.25, 0.3) is 28.1 Å². The summed E-state index contributed by atoms with van der Waals surface area (Å²) in [5.41, 5.74) is 7.53. The summed E-state index contributed by atoms with van der Waals surface area (Å²) in [6.45, 7) is 4.16. The number of aromatic carboxylic acids is 1. The van der Waals surface area contributed by atoms with Crippen molar-refractivity contribution in [3.05, 3.63) is 87.6 Å². The van der Waals surface area contributed by atoms with Crippen LogP contribution in [0, 0.1) is 12.3 Å². The van der Waals surface area contributed by atoms with Gasteiger partial charge >= 0.3 is 5.97 Å². The molecule has 5 nitrogen and oxygen atoms in total. The molecule has 39 heavy (non-hydrogen) atoms. The van der Waals surface area contributed by atoms with Crippen LogP contribution in [0.3, 0.4) is 0 Å². The summed E-state index contributed by atoms with van der Waals surface area (Å²) in [5.74, 6) is 0.620. The molecule has 2 saturated carbocycles. The SMILES string of the molecule is Cc1cccc(Cl)c1-c1noc(C2CC2)c1C=C1CC2(CCN(c3ccc4cc(C(=O)O)ccc4c3)CC2)C1. The van der Waals surface area contributed by atoms with E-state index in [1.54, 1.807) is 12.1 Å². The van der Waals surface area contributed by atoms with E-state index < -0.39 is 5.97 Å². The Labute approximate surface area is 233 Å². The number of fused-ring (bicyclic) bond motifs is 1. The predicted molar refractivity (Wildman–Crippen MR) is 156 cm³/mol. The number of piperidine rings is 1. The zero-order chi connectivity index (χ0) is 26.7. The van der Waals surface area contributed by atoms with Crippen LogP contribution in [0.15, 0.2) is 64.7 Å². The first-order chi connectivity index (χ1) is 18.9. The Morgan fingerprint density at radius 3 is 2.54 bits per heavy atom. The second-order valence-corrected chi connectivity index (χ2v) is 12.1. The monoisotopic (exact) mass is 538 g/mol. The zero-order valence-corrected chi connectivity index (χ0v) is 22.8. The summed E-state index contributed by atoms with van der Waals surface area (Å²) in [5, 5.41) is 16.6. The number of allylic oxidation sites excluding steroid dienone is 1. The van der Waals surface area contributed by atoms with E-state index in [0.29, 0.717) is 16.9 Å². The number of aromatic nitrogens is 1. The molecule has 3 fully saturated rings. The highest BCUT2D eigenvalue weighted by Crippen LogP contribution is 2.54. The molecule has 1 spiro atoms. The lowest BCUT2D eigenvalue weighted by Gasteiger charge is -2.50. The standard InChI is InChI=1S/C33H31ClN2O3/c1-20-3-2-4-28(34)29(20)30-27(31(39-35-30)22-5-6-22)15-21-18-33(19-21)11-13-36(14-12-33)26-10-9-23-16-25(32(37)38)8-7-24(23)17-26/h2-4,7-10,15-17,22H,5-6,11-14,18-19H2,1H3,(H,37,38). The second kappa shape index (κ2) is 9.27. The number of carboxylic acid groups (broad SMARTS) is 1. The number of anilines is 1. The summed E-state index contributed by atoms with van der Waals surface area (Å²) >= 11 is 6.63. The van der Waals surface area contributed by atoms with Crippen LogP contribution < -0.4 is 4.90 Å². The number of halogens is 1. The first-order valence-corrected chi connectivity index (χ1v) is 14.2. The van der Waals surface area contributed by atoms with E-state index in [1.807, 2.05) is 24.3 Å². The van der Waals surface area contributed by atoms with Crippen LogP contribution in [0.2, 0.25) is 5.02 Å². The normalized spacial score (nSPS) is 18.4. The van der Waals surface area contributed by atoms with Crippen molar-refractivity contribution in [3.63, 3.8) is 0 Å². The summed E-state index contributed by atoms with van der Waals surface area (Å²) in [6.07, 6.45) is 9.31. The highest BCUT2D eigenvalue weighted by molar-refractivity contribution is 6.33. The van der Waals surface area contributed by atoms with Crippen molar-refractivity contribution in [1.29, 1.82) is 0 Å². The van der Waals surface area contributed by atoms with Gasteiger partial charge in [-0.05, 0) is 104 Å². The first-order valence-electron chi connectivity index (χ1n) is 13.9. The van der Waals surface area contributed by atoms with Gasteiger partial charge in [-0.15, -0.1) is 0 Å². The fraction of sp³-hybridized carbons (Fsp3) is 0.333. The van der Waals surface area contributed by atoms with Gasteiger partial charge in [0.1, 0.15) is 11.5 Å². The number of aryl methyl sites for hydroxylation is 1. The van der Waals surface area contributed by atoms with Gasteiger partial charge in [-0.1, -0.05) is 46.6 Å². The maximum atomic E-state index is 11.3. The third-order valence-electron chi connectivity index (χ3n) is 8.98. The van der Waals surface area contributed by atoms with Gasteiger partial charge in [-0.2, -0.15) is 0 Å². The van der Waals surface area contributed by atoms with Crippen molar-refractivity contribution in [2.45, 2.75) is 51.4 Å². The fourth-order valence-electron chi connectivity index (χ4n) is 6.57. The van der Waals surface area contributed by atoms with E-state index in [9.17, 15) is 9.90 Å². The topological polar surface area (TPSA) is 66.6 Å². The van der Waals surface area contributed by atoms with Crippen LogP contribution in [0.5, 0.6) is 0 Å². The van der Waals surface area contributed by atoms with Gasteiger partial charge in [0.05, 0.1) is 10.6 Å². The molecule has 4 aromatic rings. The molecule has 2 aliphatic carbocycles. The lowest BCUT2D eigenvalue weighted by atomic mass is 9.60. The van der Waals surface area contributed by atoms with E-state index in [-0.39, 0.29) is 0 Å². The van der Waals surface area contributed by atoms with Gasteiger partial charge in [-0.25, -0.2) is 4.79 Å². The number of hydrogen-bond acceptors (Lipinski definition) is 4. The Balaban J connectivity index is 1.07. The molecule has 0 unspecified atom stereocenters. The third-order valence-corrected chi connectivity index (χ3v) is 9.29. The molecule has 1 aliphatic heterocycles. The number of rotatable bonds is 5. The minimum atomic E-state index is -0.890. The molecule has 2 heterocycles. The van der Waals surface area contributed by atoms with Crippen molar-refractivity contribution in [3.8, 4) is 11.3 Å². The lowest BCUT2D eigenvalue weighted by molar-refractivity contribution is 0.0697. The summed E-state index contributed by atoms with van der Waals surface area (Å²) in [7, 11) is 0. The van der Waals surface area contributed by atoms with E-state index in [2.05, 4.69) is 41.3 Å². The van der Waals surface area contributed by atoms with Gasteiger partial charge in [0.25, 0.3) is 0 Å². The molecule has 6 heteroatoms. The van der Waals surface area contributed by atoms with Gasteiger partial charge in [0.15, 0.2) is 0 Å². The molecule has 1 N–H and O–H groups in total. The minimum Gasteiger partial charge on any atom is -0.478 e. The smallest absolute Gasteiger partial charge is 0.335 e. The molecule has 3 aliphatic rings. The van der Waals surface area contributed by atoms with Gasteiger partial charge in [-0.3, -0.25) is 0 Å². The fourth-order valence-corrected chi connectivity index (χ4v) is 6.89. The quantitative estimate of drug-likeness (QED) is 0.276. The summed E-state index contributed by atoms with van der Waals surface area (Å²) in [4.78, 5) is 13.8. The first kappa shape index (κ1) is 24.5. The molecule has 198 valence electrons. The van der Waals surface area contributed by atoms with Crippen LogP contribution in [0.4, 0.5) is 5.69 Å². The van der Waals surface area contributed by atoms with Crippen LogP contribution in [-0.4, -0.2) is 29.3 Å². The molecule has 0 atom stereocenters. The number of hydrogen-bond donors (Lipinski definition) is 1. The molecule has 0 radical (unpaired) electrons. The highest BCUT2D eigenvalue weighted by Gasteiger charge is 2.43. The average Bonchev–Trinajstić information content (AvgIpc) is 3.68. The average molecular weight is 539 g/mol. The number of nitrogens with zero attached hydrogens (tertiary/aromatic N) is 2. The predicted octanol–water partition coefficient (Wildman–Crippen LogP) is 8.50. The number of benzene rings is 3. The lowest BCUT2D eigenvalue weighted by Crippen LogP contribution is -2.44. The maximum Gasteiger partial charge on any atom is 0.335 e. The van der Waals surface area contributed by atoms with Crippen LogP contribution >= 0.6 is 11.6 Å². The molecule has 7 rings (SSSR count). The Morgan fingerprint density at radius 2 is 1.82 bits per heavy atom. The van der Waals surface area contributed by atoms with E-state index in [0.717, 1.165) is 69.9 Å². The molecule has 0 amide bonds. The molecule has 1 aromatic heterocycles. The minimum absolute atomic E-state index is 0.327. The Morgan fingerprint density at radius 1 is 1.08 bits per heavy atom. The van der Waals surface area contributed by atoms with Crippen LogP contribution in [-0.2, 0) is 0 Å². The highest BCUT2D eigenvalue weighted by atomic mass is 35.5. The van der Waals surface area contributed by atoms with E-state index >= 15 is 0 Å². The Bertz CT molecular complexity index is 1610. The van der Waals surface area contributed by atoms with Crippen molar-refractivity contribution in [1.82, 2.24) is 5.16 Å². The zero-order valence-electron chi connectivity index (χ0n) is 22.0. The van der Waals surface area contributed by atoms with Gasteiger partial charge in [0, 0.05) is 35.8 Å². The molecular weight excluding hydrogens is 508 g/mol. The Kier molecular flexibility index (Phi) is 5.82. The van der Waals surface area contributed by atoms with E-state index in [1.165, 1.54) is 36.9 Å². The third kappa shape index (κ3) is 4.43. The second-order valence-electron chi connectivity index (χ2n) is 11.7. The van der Waals surface area contributed by atoms with Crippen molar-refractivity contribution in [2.24, 2.45) is 5.41 Å². The number of carboxylic acids is 1. The van der Waals surface area contributed by atoms with Gasteiger partial charge in [0.2, 0.25) is 0 Å². The summed E-state index contributed by atoms with van der Waals surface area (Å²) in [6, 6.07) is 17.7. The number of carbonyl (C=O) groups is 1. The summed E-state index contributed by atoms with van der Waals surface area (Å²) < 4.78 is 5.91. The van der Waals surface area contributed by atoms with Crippen molar-refractivity contribution < 1.29 is 14.4 Å². The largest absolute Gasteiger partial charge is 0.478 e. The Hall–Kier alpha value is -3.57. The van der Waals surface area contributed by atoms with Crippen molar-refractivity contribution >= 4 is 40.1 Å². The molecular formula is C33H31ClN2O3. The van der Waals surface area contributed by atoms with Crippen molar-refractivity contribution in [2.75, 3.05) is 18.0 Å². The van der Waals surface area contributed by atoms with E-state index in [4.69, 9.17) is 16.1 Å². The molecule has 3 aromatic carbocycles.